The number of halogens is 1. The number of hydrogen-bond acceptors (Lipinski definition) is 4. The first-order valence-electron chi connectivity index (χ1n) is 11.0. The summed E-state index contributed by atoms with van der Waals surface area (Å²) in [5.74, 6) is 1.28. The molecule has 1 fully saturated rings. The van der Waals surface area contributed by atoms with Gasteiger partial charge in [0.15, 0.2) is 0 Å². The first-order chi connectivity index (χ1) is 15.4. The molecule has 0 radical (unpaired) electrons. The molecule has 0 atom stereocenters. The minimum atomic E-state index is 0.369. The summed E-state index contributed by atoms with van der Waals surface area (Å²) in [5.41, 5.74) is 4.28. The fourth-order valence-electron chi connectivity index (χ4n) is 3.59. The van der Waals surface area contributed by atoms with Gasteiger partial charge >= 0.3 is 0 Å². The predicted octanol–water partition coefficient (Wildman–Crippen LogP) is 5.57. The molecule has 0 bridgehead atoms. The van der Waals surface area contributed by atoms with Crippen LogP contribution in [0.15, 0.2) is 69.4 Å². The summed E-state index contributed by atoms with van der Waals surface area (Å²) in [6.45, 7) is 14.0. The lowest BCUT2D eigenvalue weighted by Gasteiger charge is -2.34. The molecular weight excluding hydrogens is 420 g/mol. The SMILES string of the molecule is C=N/C(=N\C(Nc1ccccc1C(C)C)=C(/C)Cl)Nc1ccc(N2CCN(C)CC2)cc1. The zero-order chi connectivity index (χ0) is 23.1. The maximum atomic E-state index is 6.36. The van der Waals surface area contributed by atoms with Gasteiger partial charge < -0.3 is 20.4 Å². The van der Waals surface area contributed by atoms with E-state index < -0.39 is 0 Å². The summed E-state index contributed by atoms with van der Waals surface area (Å²) in [7, 11) is 2.16. The highest BCUT2D eigenvalue weighted by molar-refractivity contribution is 6.29. The Hall–Kier alpha value is -2.83. The minimum Gasteiger partial charge on any atom is -0.369 e. The van der Waals surface area contributed by atoms with Crippen LogP contribution < -0.4 is 15.5 Å². The highest BCUT2D eigenvalue weighted by Gasteiger charge is 2.14. The van der Waals surface area contributed by atoms with E-state index in [1.165, 1.54) is 11.3 Å². The van der Waals surface area contributed by atoms with Gasteiger partial charge in [0.25, 0.3) is 0 Å². The van der Waals surface area contributed by atoms with Crippen molar-refractivity contribution in [3.05, 3.63) is 64.9 Å². The summed E-state index contributed by atoms with van der Waals surface area (Å²) in [6.07, 6.45) is 0. The molecule has 1 aliphatic rings. The Morgan fingerprint density at radius 2 is 1.66 bits per heavy atom. The van der Waals surface area contributed by atoms with Crippen molar-refractivity contribution >= 4 is 41.3 Å². The zero-order valence-corrected chi connectivity index (χ0v) is 20.2. The Morgan fingerprint density at radius 3 is 2.25 bits per heavy atom. The van der Waals surface area contributed by atoms with Crippen LogP contribution in [0.1, 0.15) is 32.3 Å². The number of piperazine rings is 1. The maximum absolute atomic E-state index is 6.36. The second-order valence-electron chi connectivity index (χ2n) is 8.30. The molecule has 1 aliphatic heterocycles. The second kappa shape index (κ2) is 11.2. The monoisotopic (exact) mass is 452 g/mol. The molecule has 32 heavy (non-hydrogen) atoms. The van der Waals surface area contributed by atoms with Gasteiger partial charge in [-0.1, -0.05) is 43.6 Å². The van der Waals surface area contributed by atoms with Crippen LogP contribution in [0.4, 0.5) is 17.1 Å². The van der Waals surface area contributed by atoms with Crippen molar-refractivity contribution in [3.8, 4) is 0 Å². The quantitative estimate of drug-likeness (QED) is 0.444. The smallest absolute Gasteiger partial charge is 0.228 e. The number of anilines is 3. The molecule has 2 aromatic carbocycles. The van der Waals surface area contributed by atoms with Gasteiger partial charge in [-0.05, 0) is 62.5 Å². The summed E-state index contributed by atoms with van der Waals surface area (Å²) in [4.78, 5) is 13.4. The summed E-state index contributed by atoms with van der Waals surface area (Å²) < 4.78 is 0. The van der Waals surface area contributed by atoms with Gasteiger partial charge in [0.1, 0.15) is 5.82 Å². The van der Waals surface area contributed by atoms with E-state index in [1.54, 1.807) is 6.92 Å². The van der Waals surface area contributed by atoms with Crippen molar-refractivity contribution in [1.82, 2.24) is 4.90 Å². The van der Waals surface area contributed by atoms with Gasteiger partial charge in [0.2, 0.25) is 5.96 Å². The van der Waals surface area contributed by atoms with Gasteiger partial charge in [-0.3, -0.25) is 0 Å². The third-order valence-electron chi connectivity index (χ3n) is 5.52. The number of allylic oxidation sites excluding steroid dienone is 1. The van der Waals surface area contributed by atoms with E-state index in [0.717, 1.165) is 37.6 Å². The average molecular weight is 453 g/mol. The number of nitrogens with zero attached hydrogens (tertiary/aromatic N) is 4. The van der Waals surface area contributed by atoms with E-state index in [9.17, 15) is 0 Å². The van der Waals surface area contributed by atoms with Crippen LogP contribution in [-0.2, 0) is 0 Å². The lowest BCUT2D eigenvalue weighted by atomic mass is 10.0. The topological polar surface area (TPSA) is 55.3 Å². The summed E-state index contributed by atoms with van der Waals surface area (Å²) in [6, 6.07) is 16.5. The lowest BCUT2D eigenvalue weighted by Crippen LogP contribution is -2.44. The highest BCUT2D eigenvalue weighted by atomic mass is 35.5. The van der Waals surface area contributed by atoms with Crippen molar-refractivity contribution in [1.29, 1.82) is 0 Å². The molecule has 0 spiro atoms. The molecule has 0 aliphatic carbocycles. The van der Waals surface area contributed by atoms with E-state index in [1.807, 2.05) is 30.3 Å². The normalized spacial score (nSPS) is 16.1. The molecule has 0 saturated carbocycles. The number of benzene rings is 2. The Bertz CT molecular complexity index is 968. The van der Waals surface area contributed by atoms with Gasteiger partial charge in [0, 0.05) is 43.2 Å². The van der Waals surface area contributed by atoms with E-state index in [2.05, 4.69) is 76.2 Å². The van der Waals surface area contributed by atoms with Crippen LogP contribution in [0.3, 0.4) is 0 Å². The second-order valence-corrected chi connectivity index (χ2v) is 8.87. The van der Waals surface area contributed by atoms with Gasteiger partial charge in [-0.25, -0.2) is 4.99 Å². The van der Waals surface area contributed by atoms with Gasteiger partial charge in [0.05, 0.1) is 5.03 Å². The number of likely N-dealkylation sites (N-methyl/N-ethyl adjacent to an activating group) is 1. The van der Waals surface area contributed by atoms with Crippen molar-refractivity contribution in [2.24, 2.45) is 9.98 Å². The molecule has 6 nitrogen and oxygen atoms in total. The predicted molar refractivity (Wildman–Crippen MR) is 139 cm³/mol. The Labute approximate surface area is 196 Å². The molecule has 7 heteroatoms. The molecule has 3 rings (SSSR count). The van der Waals surface area contributed by atoms with Crippen molar-refractivity contribution < 1.29 is 0 Å². The maximum Gasteiger partial charge on any atom is 0.228 e. The van der Waals surface area contributed by atoms with Gasteiger partial charge in [-0.15, -0.1) is 0 Å². The molecule has 1 heterocycles. The Balaban J connectivity index is 1.74. The minimum absolute atomic E-state index is 0.369. The fraction of sp³-hybridized carbons (Fsp3) is 0.360. The third-order valence-corrected chi connectivity index (χ3v) is 5.70. The molecule has 2 aromatic rings. The van der Waals surface area contributed by atoms with Crippen LogP contribution in [-0.4, -0.2) is 50.8 Å². The number of rotatable bonds is 6. The molecular formula is C25H33ClN6. The molecule has 170 valence electrons. The molecule has 1 saturated heterocycles. The summed E-state index contributed by atoms with van der Waals surface area (Å²) >= 11 is 6.36. The number of guanidine groups is 1. The standard InChI is InChI=1S/C25H33ClN6/c1-18(2)22-8-6-7-9-23(22)29-24(19(3)26)30-25(27-4)28-20-10-12-21(13-11-20)32-16-14-31(5)15-17-32/h6-13,18,29H,4,14-17H2,1-3,5H3,(H,28,30)/b24-19+. The Morgan fingerprint density at radius 1 is 1.00 bits per heavy atom. The molecule has 2 N–H and O–H groups in total. The first kappa shape index (κ1) is 23.8. The van der Waals surface area contributed by atoms with E-state index >= 15 is 0 Å². The third kappa shape index (κ3) is 6.34. The highest BCUT2D eigenvalue weighted by Crippen LogP contribution is 2.26. The van der Waals surface area contributed by atoms with Crippen LogP contribution in [0.25, 0.3) is 0 Å². The number of nitrogens with one attached hydrogen (secondary N) is 2. The van der Waals surface area contributed by atoms with Crippen LogP contribution in [0, 0.1) is 0 Å². The van der Waals surface area contributed by atoms with Gasteiger partial charge in [-0.2, -0.15) is 4.99 Å². The molecule has 0 aromatic heterocycles. The fourth-order valence-corrected chi connectivity index (χ4v) is 3.68. The first-order valence-corrected chi connectivity index (χ1v) is 11.3. The van der Waals surface area contributed by atoms with Crippen LogP contribution in [0.2, 0.25) is 0 Å². The number of hydrogen-bond donors (Lipinski definition) is 2. The van der Waals surface area contributed by atoms with E-state index in [4.69, 9.17) is 11.6 Å². The van der Waals surface area contributed by atoms with Crippen LogP contribution in [0.5, 0.6) is 0 Å². The summed E-state index contributed by atoms with van der Waals surface area (Å²) in [5, 5.41) is 7.13. The number of aliphatic imine (C=N–C) groups is 2. The zero-order valence-electron chi connectivity index (χ0n) is 19.4. The van der Waals surface area contributed by atoms with Crippen molar-refractivity contribution in [3.63, 3.8) is 0 Å². The van der Waals surface area contributed by atoms with E-state index in [0.29, 0.717) is 22.7 Å². The Kier molecular flexibility index (Phi) is 8.31. The largest absolute Gasteiger partial charge is 0.369 e. The molecule has 0 amide bonds. The average Bonchev–Trinajstić information content (AvgIpc) is 2.79. The van der Waals surface area contributed by atoms with Crippen molar-refractivity contribution in [2.75, 3.05) is 48.8 Å². The molecule has 0 unspecified atom stereocenters. The van der Waals surface area contributed by atoms with Crippen LogP contribution >= 0.6 is 11.6 Å². The number of para-hydroxylation sites is 1. The lowest BCUT2D eigenvalue weighted by molar-refractivity contribution is 0.313. The van der Waals surface area contributed by atoms with Crippen molar-refractivity contribution in [2.45, 2.75) is 26.7 Å². The van der Waals surface area contributed by atoms with E-state index in [-0.39, 0.29) is 0 Å².